The molecule has 4 aliphatic rings. The number of hydrogen-bond donors (Lipinski definition) is 0. The van der Waals surface area contributed by atoms with Crippen molar-refractivity contribution in [2.75, 3.05) is 5.33 Å². The number of halogens is 1. The van der Waals surface area contributed by atoms with Crippen molar-refractivity contribution in [3.8, 4) is 0 Å². The molecule has 0 aliphatic heterocycles. The van der Waals surface area contributed by atoms with Crippen molar-refractivity contribution >= 4 is 21.7 Å². The number of hydrogen-bond acceptors (Lipinski definition) is 1. The number of carbonyl (C=O) groups is 1. The van der Waals surface area contributed by atoms with Crippen LogP contribution in [0.25, 0.3) is 0 Å². The van der Waals surface area contributed by atoms with Gasteiger partial charge in [-0.3, -0.25) is 4.79 Å². The molecule has 0 heterocycles. The summed E-state index contributed by atoms with van der Waals surface area (Å²) in [5, 5.41) is 0.550. The standard InChI is InChI=1S/C24H39BrO/c1-4-16-9-11-23(2)17(13-16)5-7-20-21-8-6-18(14-19(26)15-25)24(21,3)12-10-22(20)23/h16-18,20-22H,4-15H2,1-3H3/t16-,17-,18?,20?,21?,22?,23-,24+/m0/s1. The largest absolute Gasteiger partial charge is 0.299 e. The molecule has 0 spiro atoms. The first-order valence-corrected chi connectivity index (χ1v) is 12.6. The van der Waals surface area contributed by atoms with E-state index in [0.717, 1.165) is 36.0 Å². The molecule has 8 atom stereocenters. The molecule has 4 rings (SSSR count). The van der Waals surface area contributed by atoms with Crippen LogP contribution < -0.4 is 0 Å². The van der Waals surface area contributed by atoms with Gasteiger partial charge in [0.05, 0.1) is 5.33 Å². The van der Waals surface area contributed by atoms with E-state index in [2.05, 4.69) is 36.7 Å². The molecule has 4 unspecified atom stereocenters. The Morgan fingerprint density at radius 3 is 2.42 bits per heavy atom. The number of carbonyl (C=O) groups excluding carboxylic acids is 1. The van der Waals surface area contributed by atoms with Crippen LogP contribution in [0, 0.1) is 46.3 Å². The fourth-order valence-corrected chi connectivity index (χ4v) is 8.72. The lowest BCUT2D eigenvalue weighted by Gasteiger charge is -2.61. The van der Waals surface area contributed by atoms with Gasteiger partial charge in [-0.25, -0.2) is 0 Å². The van der Waals surface area contributed by atoms with Crippen molar-refractivity contribution in [1.29, 1.82) is 0 Å². The van der Waals surface area contributed by atoms with Crippen LogP contribution in [-0.2, 0) is 4.79 Å². The van der Waals surface area contributed by atoms with E-state index >= 15 is 0 Å². The molecule has 0 amide bonds. The molecule has 0 aromatic rings. The highest BCUT2D eigenvalue weighted by atomic mass is 79.9. The van der Waals surface area contributed by atoms with Crippen molar-refractivity contribution in [1.82, 2.24) is 0 Å². The van der Waals surface area contributed by atoms with Crippen molar-refractivity contribution in [2.45, 2.75) is 91.4 Å². The minimum absolute atomic E-state index is 0.424. The minimum Gasteiger partial charge on any atom is -0.299 e. The van der Waals surface area contributed by atoms with Gasteiger partial charge in [0.25, 0.3) is 0 Å². The maximum atomic E-state index is 12.1. The summed E-state index contributed by atoms with van der Waals surface area (Å²) in [4.78, 5) is 12.1. The van der Waals surface area contributed by atoms with Gasteiger partial charge in [-0.2, -0.15) is 0 Å². The van der Waals surface area contributed by atoms with E-state index in [1.807, 2.05) is 0 Å². The van der Waals surface area contributed by atoms with Crippen LogP contribution in [0.4, 0.5) is 0 Å². The SMILES string of the molecule is CC[C@H]1CC[C@]2(C)C3CC[C@]4(C)C(CC(=O)CBr)CCC4C3CC[C@H]2C1. The Morgan fingerprint density at radius 2 is 1.69 bits per heavy atom. The molecule has 2 heteroatoms. The fraction of sp³-hybridized carbons (Fsp3) is 0.958. The third kappa shape index (κ3) is 2.96. The van der Waals surface area contributed by atoms with Crippen LogP contribution >= 0.6 is 15.9 Å². The number of Topliss-reactive ketones (excluding diaryl/α,β-unsaturated/α-hetero) is 1. The molecule has 0 aromatic heterocycles. The van der Waals surface area contributed by atoms with Crippen LogP contribution in [0.3, 0.4) is 0 Å². The Balaban J connectivity index is 1.53. The van der Waals surface area contributed by atoms with E-state index in [-0.39, 0.29) is 0 Å². The summed E-state index contributed by atoms with van der Waals surface area (Å²) >= 11 is 3.39. The summed E-state index contributed by atoms with van der Waals surface area (Å²) in [5.41, 5.74) is 1.07. The highest BCUT2D eigenvalue weighted by Crippen LogP contribution is 2.68. The second kappa shape index (κ2) is 7.20. The Labute approximate surface area is 169 Å². The average Bonchev–Trinajstić information content (AvgIpc) is 2.97. The van der Waals surface area contributed by atoms with Crippen LogP contribution in [0.5, 0.6) is 0 Å². The van der Waals surface area contributed by atoms with Crippen molar-refractivity contribution < 1.29 is 4.79 Å². The third-order valence-corrected chi connectivity index (χ3v) is 10.8. The quantitative estimate of drug-likeness (QED) is 0.444. The minimum atomic E-state index is 0.424. The van der Waals surface area contributed by atoms with Crippen molar-refractivity contribution in [2.24, 2.45) is 46.3 Å². The predicted octanol–water partition coefficient (Wildman–Crippen LogP) is 7.03. The molecular weight excluding hydrogens is 384 g/mol. The number of alkyl halides is 1. The first-order valence-electron chi connectivity index (χ1n) is 11.5. The zero-order chi connectivity index (χ0) is 18.5. The normalized spacial score (nSPS) is 50.6. The summed E-state index contributed by atoms with van der Waals surface area (Å²) in [6, 6.07) is 0. The average molecular weight is 423 g/mol. The lowest BCUT2D eigenvalue weighted by atomic mass is 9.44. The van der Waals surface area contributed by atoms with Gasteiger partial charge in [-0.1, -0.05) is 43.1 Å². The van der Waals surface area contributed by atoms with E-state index < -0.39 is 0 Å². The second-order valence-electron chi connectivity index (χ2n) is 10.9. The zero-order valence-corrected chi connectivity index (χ0v) is 18.8. The molecule has 0 aromatic carbocycles. The number of rotatable bonds is 4. The molecule has 4 saturated carbocycles. The highest BCUT2D eigenvalue weighted by Gasteiger charge is 2.59. The lowest BCUT2D eigenvalue weighted by Crippen LogP contribution is -2.53. The fourth-order valence-electron chi connectivity index (χ4n) is 8.49. The molecule has 4 fully saturated rings. The number of ketones is 1. The van der Waals surface area contributed by atoms with Gasteiger partial charge < -0.3 is 0 Å². The Kier molecular flexibility index (Phi) is 5.39. The summed E-state index contributed by atoms with van der Waals surface area (Å²) in [5.74, 6) is 5.91. The van der Waals surface area contributed by atoms with E-state index in [0.29, 0.717) is 27.9 Å². The molecular formula is C24H39BrO. The van der Waals surface area contributed by atoms with Gasteiger partial charge >= 0.3 is 0 Å². The molecule has 0 radical (unpaired) electrons. The smallest absolute Gasteiger partial charge is 0.143 e. The Bertz CT molecular complexity index is 544. The van der Waals surface area contributed by atoms with Gasteiger partial charge in [-0.05, 0) is 104 Å². The summed E-state index contributed by atoms with van der Waals surface area (Å²) in [6.07, 6.45) is 15.2. The first-order chi connectivity index (χ1) is 12.4. The predicted molar refractivity (Wildman–Crippen MR) is 112 cm³/mol. The molecule has 0 N–H and O–H groups in total. The Hall–Kier alpha value is 0.150. The molecule has 148 valence electrons. The van der Waals surface area contributed by atoms with E-state index in [4.69, 9.17) is 0 Å². The molecule has 0 saturated heterocycles. The van der Waals surface area contributed by atoms with Gasteiger partial charge in [0.1, 0.15) is 5.78 Å². The molecule has 4 aliphatic carbocycles. The van der Waals surface area contributed by atoms with Crippen LogP contribution in [-0.4, -0.2) is 11.1 Å². The number of fused-ring (bicyclic) bond motifs is 5. The van der Waals surface area contributed by atoms with Gasteiger partial charge in [0.15, 0.2) is 0 Å². The first kappa shape index (κ1) is 19.5. The molecule has 1 nitrogen and oxygen atoms in total. The van der Waals surface area contributed by atoms with Crippen molar-refractivity contribution in [3.63, 3.8) is 0 Å². The maximum Gasteiger partial charge on any atom is 0.143 e. The van der Waals surface area contributed by atoms with E-state index in [9.17, 15) is 4.79 Å². The zero-order valence-electron chi connectivity index (χ0n) is 17.2. The summed E-state index contributed by atoms with van der Waals surface area (Å²) in [6.45, 7) is 7.65. The van der Waals surface area contributed by atoms with Crippen LogP contribution in [0.2, 0.25) is 0 Å². The van der Waals surface area contributed by atoms with Gasteiger partial charge in [-0.15, -0.1) is 0 Å². The Morgan fingerprint density at radius 1 is 0.962 bits per heavy atom. The van der Waals surface area contributed by atoms with Crippen LogP contribution in [0.1, 0.15) is 91.4 Å². The van der Waals surface area contributed by atoms with Crippen molar-refractivity contribution in [3.05, 3.63) is 0 Å². The van der Waals surface area contributed by atoms with E-state index in [1.165, 1.54) is 64.2 Å². The monoisotopic (exact) mass is 422 g/mol. The maximum absolute atomic E-state index is 12.1. The van der Waals surface area contributed by atoms with Crippen LogP contribution in [0.15, 0.2) is 0 Å². The third-order valence-electron chi connectivity index (χ3n) is 10.2. The molecule has 0 bridgehead atoms. The summed E-state index contributed by atoms with van der Waals surface area (Å²) < 4.78 is 0. The van der Waals surface area contributed by atoms with E-state index in [1.54, 1.807) is 0 Å². The van der Waals surface area contributed by atoms with Gasteiger partial charge in [0, 0.05) is 6.42 Å². The second-order valence-corrected chi connectivity index (χ2v) is 11.5. The summed E-state index contributed by atoms with van der Waals surface area (Å²) in [7, 11) is 0. The van der Waals surface area contributed by atoms with Gasteiger partial charge in [0.2, 0.25) is 0 Å². The highest BCUT2D eigenvalue weighted by molar-refractivity contribution is 9.09. The topological polar surface area (TPSA) is 17.1 Å². The lowest BCUT2D eigenvalue weighted by molar-refractivity contribution is -0.126. The molecule has 26 heavy (non-hydrogen) atoms.